The minimum absolute atomic E-state index is 0.115. The molecule has 0 aliphatic carbocycles. The molecule has 0 aliphatic heterocycles. The van der Waals surface area contributed by atoms with Crippen LogP contribution in [0.2, 0.25) is 0 Å². The smallest absolute Gasteiger partial charge is 0.134 e. The van der Waals surface area contributed by atoms with E-state index in [9.17, 15) is 0 Å². The second-order valence-electron chi connectivity index (χ2n) is 6.24. The van der Waals surface area contributed by atoms with Gasteiger partial charge in [0.25, 0.3) is 0 Å². The molecule has 2 rings (SSSR count). The average Bonchev–Trinajstić information content (AvgIpc) is 2.87. The van der Waals surface area contributed by atoms with Crippen LogP contribution in [0.3, 0.4) is 0 Å². The molecule has 0 bridgehead atoms. The molecule has 1 N–H and O–H groups in total. The van der Waals surface area contributed by atoms with Crippen LogP contribution in [0.25, 0.3) is 11.3 Å². The van der Waals surface area contributed by atoms with E-state index in [4.69, 9.17) is 4.42 Å². The van der Waals surface area contributed by atoms with Crippen molar-refractivity contribution >= 4 is 0 Å². The van der Waals surface area contributed by atoms with E-state index >= 15 is 0 Å². The zero-order valence-electron chi connectivity index (χ0n) is 13.0. The number of hydrogen-bond donors (Lipinski definition) is 1. The number of hydrogen-bond acceptors (Lipinski definition) is 2. The topological polar surface area (TPSA) is 25.2 Å². The molecule has 1 aromatic heterocycles. The van der Waals surface area contributed by atoms with Crippen molar-refractivity contribution in [1.82, 2.24) is 5.32 Å². The fourth-order valence-corrected chi connectivity index (χ4v) is 2.36. The number of nitrogens with one attached hydrogen (secondary N) is 1. The van der Waals surface area contributed by atoms with E-state index in [0.717, 1.165) is 31.0 Å². The van der Waals surface area contributed by atoms with Crippen LogP contribution < -0.4 is 5.32 Å². The van der Waals surface area contributed by atoms with Gasteiger partial charge < -0.3 is 9.73 Å². The van der Waals surface area contributed by atoms with Crippen molar-refractivity contribution in [2.45, 2.75) is 46.1 Å². The number of rotatable bonds is 5. The van der Waals surface area contributed by atoms with Gasteiger partial charge in [-0.3, -0.25) is 0 Å². The molecule has 0 saturated carbocycles. The highest BCUT2D eigenvalue weighted by Crippen LogP contribution is 2.33. The lowest BCUT2D eigenvalue weighted by Gasteiger charge is -2.21. The molecular weight excluding hydrogens is 246 g/mol. The minimum Gasteiger partial charge on any atom is -0.460 e. The molecule has 0 unspecified atom stereocenters. The third-order valence-corrected chi connectivity index (χ3v) is 3.39. The first-order valence-electron chi connectivity index (χ1n) is 7.41. The maximum absolute atomic E-state index is 5.99. The molecule has 1 aromatic carbocycles. The Morgan fingerprint density at radius 2 is 1.80 bits per heavy atom. The molecule has 0 fully saturated rings. The fraction of sp³-hybridized carbons (Fsp3) is 0.444. The summed E-state index contributed by atoms with van der Waals surface area (Å²) in [6.07, 6.45) is 1.14. The van der Waals surface area contributed by atoms with E-state index in [1.807, 2.05) is 0 Å². The monoisotopic (exact) mass is 271 g/mol. The summed E-state index contributed by atoms with van der Waals surface area (Å²) in [5, 5.41) is 3.37. The van der Waals surface area contributed by atoms with E-state index in [1.165, 1.54) is 11.1 Å². The summed E-state index contributed by atoms with van der Waals surface area (Å²) < 4.78 is 5.99. The van der Waals surface area contributed by atoms with Crippen molar-refractivity contribution in [3.05, 3.63) is 47.7 Å². The van der Waals surface area contributed by atoms with Gasteiger partial charge in [-0.2, -0.15) is 0 Å². The van der Waals surface area contributed by atoms with Gasteiger partial charge in [0.2, 0.25) is 0 Å². The molecule has 0 saturated heterocycles. The summed E-state index contributed by atoms with van der Waals surface area (Å²) in [6.45, 7) is 10.7. The van der Waals surface area contributed by atoms with Crippen molar-refractivity contribution in [2.75, 3.05) is 6.54 Å². The standard InChI is InChI=1S/C18H25NO/c1-5-12-19-13-14-10-11-17(20-14)15-8-6-7-9-16(15)18(2,3)4/h6-11,19H,5,12-13H2,1-4H3. The molecule has 20 heavy (non-hydrogen) atoms. The van der Waals surface area contributed by atoms with Crippen LogP contribution in [0.4, 0.5) is 0 Å². The Morgan fingerprint density at radius 3 is 2.50 bits per heavy atom. The van der Waals surface area contributed by atoms with Gasteiger partial charge in [-0.05, 0) is 36.1 Å². The van der Waals surface area contributed by atoms with Crippen molar-refractivity contribution in [3.8, 4) is 11.3 Å². The molecule has 2 nitrogen and oxygen atoms in total. The predicted molar refractivity (Wildman–Crippen MR) is 84.8 cm³/mol. The van der Waals surface area contributed by atoms with Gasteiger partial charge in [-0.15, -0.1) is 0 Å². The van der Waals surface area contributed by atoms with E-state index < -0.39 is 0 Å². The molecule has 0 spiro atoms. The Bertz CT molecular complexity index is 549. The molecule has 2 heteroatoms. The zero-order valence-corrected chi connectivity index (χ0v) is 13.0. The van der Waals surface area contributed by atoms with Gasteiger partial charge in [0, 0.05) is 5.56 Å². The summed E-state index contributed by atoms with van der Waals surface area (Å²) in [5.41, 5.74) is 2.63. The van der Waals surface area contributed by atoms with Gasteiger partial charge in [0.15, 0.2) is 0 Å². The fourth-order valence-electron chi connectivity index (χ4n) is 2.36. The Balaban J connectivity index is 2.24. The van der Waals surface area contributed by atoms with Gasteiger partial charge in [-0.1, -0.05) is 52.0 Å². The summed E-state index contributed by atoms with van der Waals surface area (Å²) >= 11 is 0. The molecule has 2 aromatic rings. The van der Waals surface area contributed by atoms with Gasteiger partial charge in [0.1, 0.15) is 11.5 Å². The first kappa shape index (κ1) is 14.9. The maximum atomic E-state index is 5.99. The van der Waals surface area contributed by atoms with E-state index in [1.54, 1.807) is 0 Å². The Labute approximate surface area is 122 Å². The normalized spacial score (nSPS) is 11.8. The highest BCUT2D eigenvalue weighted by Gasteiger charge is 2.19. The molecule has 108 valence electrons. The highest BCUT2D eigenvalue weighted by molar-refractivity contribution is 5.64. The van der Waals surface area contributed by atoms with Crippen LogP contribution in [-0.4, -0.2) is 6.54 Å². The van der Waals surface area contributed by atoms with Crippen LogP contribution in [0.1, 0.15) is 45.4 Å². The maximum Gasteiger partial charge on any atom is 0.134 e. The third kappa shape index (κ3) is 3.51. The highest BCUT2D eigenvalue weighted by atomic mass is 16.3. The van der Waals surface area contributed by atoms with Crippen molar-refractivity contribution in [1.29, 1.82) is 0 Å². The predicted octanol–water partition coefficient (Wildman–Crippen LogP) is 4.74. The quantitative estimate of drug-likeness (QED) is 0.794. The van der Waals surface area contributed by atoms with Crippen LogP contribution in [0, 0.1) is 0 Å². The van der Waals surface area contributed by atoms with Crippen molar-refractivity contribution in [3.63, 3.8) is 0 Å². The second kappa shape index (κ2) is 6.27. The zero-order chi connectivity index (χ0) is 14.6. The first-order chi connectivity index (χ1) is 9.52. The van der Waals surface area contributed by atoms with Crippen LogP contribution >= 0.6 is 0 Å². The summed E-state index contributed by atoms with van der Waals surface area (Å²) in [6, 6.07) is 12.6. The molecule has 0 atom stereocenters. The van der Waals surface area contributed by atoms with Gasteiger partial charge >= 0.3 is 0 Å². The molecule has 0 aliphatic rings. The number of furan rings is 1. The SMILES string of the molecule is CCCNCc1ccc(-c2ccccc2C(C)(C)C)o1. The second-order valence-corrected chi connectivity index (χ2v) is 6.24. The first-order valence-corrected chi connectivity index (χ1v) is 7.41. The van der Waals surface area contributed by atoms with Crippen molar-refractivity contribution < 1.29 is 4.42 Å². The Hall–Kier alpha value is -1.54. The van der Waals surface area contributed by atoms with Crippen LogP contribution in [0.15, 0.2) is 40.8 Å². The number of benzene rings is 1. The van der Waals surface area contributed by atoms with E-state index in [-0.39, 0.29) is 5.41 Å². The Kier molecular flexibility index (Phi) is 4.66. The lowest BCUT2D eigenvalue weighted by atomic mass is 9.83. The van der Waals surface area contributed by atoms with Crippen LogP contribution in [0.5, 0.6) is 0 Å². The third-order valence-electron chi connectivity index (χ3n) is 3.39. The summed E-state index contributed by atoms with van der Waals surface area (Å²) in [7, 11) is 0. The molecular formula is C18H25NO. The van der Waals surface area contributed by atoms with Crippen molar-refractivity contribution in [2.24, 2.45) is 0 Å². The van der Waals surface area contributed by atoms with Gasteiger partial charge in [-0.25, -0.2) is 0 Å². The molecule has 0 radical (unpaired) electrons. The largest absolute Gasteiger partial charge is 0.460 e. The average molecular weight is 271 g/mol. The van der Waals surface area contributed by atoms with Gasteiger partial charge in [0.05, 0.1) is 6.54 Å². The molecule has 0 amide bonds. The summed E-state index contributed by atoms with van der Waals surface area (Å²) in [4.78, 5) is 0. The van der Waals surface area contributed by atoms with Crippen LogP contribution in [-0.2, 0) is 12.0 Å². The Morgan fingerprint density at radius 1 is 1.05 bits per heavy atom. The lowest BCUT2D eigenvalue weighted by Crippen LogP contribution is -2.13. The minimum atomic E-state index is 0.115. The van der Waals surface area contributed by atoms with E-state index in [2.05, 4.69) is 69.4 Å². The molecule has 1 heterocycles. The summed E-state index contributed by atoms with van der Waals surface area (Å²) in [5.74, 6) is 1.96. The lowest BCUT2D eigenvalue weighted by molar-refractivity contribution is 0.491. The van der Waals surface area contributed by atoms with E-state index in [0.29, 0.717) is 0 Å².